The Kier molecular flexibility index (Phi) is 4.22. The van der Waals surface area contributed by atoms with Crippen LogP contribution in [0.2, 0.25) is 0 Å². The van der Waals surface area contributed by atoms with Gasteiger partial charge in [-0.25, -0.2) is 0 Å². The Morgan fingerprint density at radius 3 is 2.77 bits per heavy atom. The van der Waals surface area contributed by atoms with E-state index in [2.05, 4.69) is 12.2 Å². The molecule has 0 bridgehead atoms. The molecule has 1 saturated carbocycles. The molecule has 0 radical (unpaired) electrons. The van der Waals surface area contributed by atoms with Crippen molar-refractivity contribution in [1.82, 2.24) is 5.32 Å². The fourth-order valence-electron chi connectivity index (χ4n) is 1.65. The third-order valence-electron chi connectivity index (χ3n) is 2.85. The smallest absolute Gasteiger partial charge is 0.220 e. The van der Waals surface area contributed by atoms with Gasteiger partial charge in [0.05, 0.1) is 0 Å². The van der Waals surface area contributed by atoms with E-state index in [0.29, 0.717) is 19.0 Å². The molecule has 0 spiro atoms. The van der Waals surface area contributed by atoms with Crippen LogP contribution in [-0.2, 0) is 4.79 Å². The quantitative estimate of drug-likeness (QED) is 0.670. The number of nitrogens with one attached hydrogen (secondary N) is 1. The third-order valence-corrected chi connectivity index (χ3v) is 2.85. The van der Waals surface area contributed by atoms with Gasteiger partial charge in [0.25, 0.3) is 0 Å². The summed E-state index contributed by atoms with van der Waals surface area (Å²) in [5, 5.41) is 3.02. The number of hydrogen-bond acceptors (Lipinski definition) is 2. The lowest BCUT2D eigenvalue weighted by Crippen LogP contribution is -2.40. The highest BCUT2D eigenvalue weighted by atomic mass is 16.1. The highest BCUT2D eigenvalue weighted by Crippen LogP contribution is 2.29. The van der Waals surface area contributed by atoms with Gasteiger partial charge >= 0.3 is 0 Å². The minimum Gasteiger partial charge on any atom is -0.353 e. The maximum Gasteiger partial charge on any atom is 0.220 e. The van der Waals surface area contributed by atoms with Gasteiger partial charge in [-0.3, -0.25) is 4.79 Å². The van der Waals surface area contributed by atoms with Crippen LogP contribution in [0, 0.1) is 5.92 Å². The van der Waals surface area contributed by atoms with E-state index in [4.69, 9.17) is 5.73 Å². The number of amides is 1. The zero-order valence-corrected chi connectivity index (χ0v) is 8.38. The van der Waals surface area contributed by atoms with Crippen LogP contribution >= 0.6 is 0 Å². The van der Waals surface area contributed by atoms with E-state index in [1.165, 1.54) is 19.3 Å². The summed E-state index contributed by atoms with van der Waals surface area (Å²) in [7, 11) is 0. The average Bonchev–Trinajstić information content (AvgIpc) is 1.97. The van der Waals surface area contributed by atoms with Crippen LogP contribution in [-0.4, -0.2) is 18.5 Å². The van der Waals surface area contributed by atoms with Gasteiger partial charge in [-0.15, -0.1) is 0 Å². The van der Waals surface area contributed by atoms with Crippen LogP contribution in [0.5, 0.6) is 0 Å². The molecule has 1 amide bonds. The van der Waals surface area contributed by atoms with E-state index in [1.807, 2.05) is 0 Å². The molecule has 0 aromatic heterocycles. The van der Waals surface area contributed by atoms with Crippen molar-refractivity contribution < 1.29 is 4.79 Å². The maximum atomic E-state index is 11.3. The number of nitrogens with two attached hydrogens (primary N) is 1. The molecule has 1 atom stereocenters. The van der Waals surface area contributed by atoms with Crippen molar-refractivity contribution >= 4 is 5.91 Å². The molecule has 0 aromatic carbocycles. The molecule has 1 aliphatic rings. The van der Waals surface area contributed by atoms with Gasteiger partial charge in [-0.1, -0.05) is 6.42 Å². The summed E-state index contributed by atoms with van der Waals surface area (Å²) in [6, 6.07) is 0.360. The number of rotatable bonds is 5. The Labute approximate surface area is 80.1 Å². The van der Waals surface area contributed by atoms with Gasteiger partial charge < -0.3 is 11.1 Å². The van der Waals surface area contributed by atoms with E-state index in [1.54, 1.807) is 0 Å². The van der Waals surface area contributed by atoms with E-state index >= 15 is 0 Å². The zero-order valence-electron chi connectivity index (χ0n) is 8.38. The van der Waals surface area contributed by atoms with Crippen molar-refractivity contribution in [2.75, 3.05) is 6.54 Å². The van der Waals surface area contributed by atoms with Crippen molar-refractivity contribution in [3.63, 3.8) is 0 Å². The van der Waals surface area contributed by atoms with Crippen LogP contribution < -0.4 is 11.1 Å². The van der Waals surface area contributed by atoms with Gasteiger partial charge in [0, 0.05) is 12.5 Å². The molecule has 3 N–H and O–H groups in total. The normalized spacial score (nSPS) is 19.2. The lowest BCUT2D eigenvalue weighted by molar-refractivity contribution is -0.122. The zero-order chi connectivity index (χ0) is 9.68. The van der Waals surface area contributed by atoms with Crippen molar-refractivity contribution in [2.45, 2.75) is 45.1 Å². The number of hydrogen-bond donors (Lipinski definition) is 2. The highest BCUT2D eigenvalue weighted by molar-refractivity contribution is 5.76. The summed E-state index contributed by atoms with van der Waals surface area (Å²) < 4.78 is 0. The molecule has 0 aliphatic heterocycles. The maximum absolute atomic E-state index is 11.3. The second kappa shape index (κ2) is 5.22. The molecule has 1 rings (SSSR count). The molecule has 0 aromatic rings. The van der Waals surface area contributed by atoms with Crippen LogP contribution in [0.4, 0.5) is 0 Å². The second-order valence-corrected chi connectivity index (χ2v) is 3.94. The first-order valence-corrected chi connectivity index (χ1v) is 5.23. The van der Waals surface area contributed by atoms with Crippen molar-refractivity contribution in [2.24, 2.45) is 11.7 Å². The second-order valence-electron chi connectivity index (χ2n) is 3.94. The van der Waals surface area contributed by atoms with Crippen LogP contribution in [0.25, 0.3) is 0 Å². The Morgan fingerprint density at radius 1 is 1.62 bits per heavy atom. The Hall–Kier alpha value is -0.570. The molecule has 76 valence electrons. The van der Waals surface area contributed by atoms with Crippen molar-refractivity contribution in [1.29, 1.82) is 0 Å². The summed E-state index contributed by atoms with van der Waals surface area (Å²) in [4.78, 5) is 11.3. The lowest BCUT2D eigenvalue weighted by Gasteiger charge is -2.31. The Morgan fingerprint density at radius 2 is 2.31 bits per heavy atom. The van der Waals surface area contributed by atoms with E-state index in [-0.39, 0.29) is 5.91 Å². The Bertz CT molecular complexity index is 166. The van der Waals surface area contributed by atoms with E-state index in [9.17, 15) is 4.79 Å². The average molecular weight is 184 g/mol. The third kappa shape index (κ3) is 3.35. The fraction of sp³-hybridized carbons (Fsp3) is 0.900. The molecule has 0 heterocycles. The largest absolute Gasteiger partial charge is 0.353 e. The SMILES string of the molecule is CC(NC(=O)CCCN)C1CCC1. The van der Waals surface area contributed by atoms with Gasteiger partial charge in [-0.2, -0.15) is 0 Å². The predicted molar refractivity (Wildman–Crippen MR) is 53.2 cm³/mol. The molecular weight excluding hydrogens is 164 g/mol. The van der Waals surface area contributed by atoms with Gasteiger partial charge in [0.2, 0.25) is 5.91 Å². The molecule has 1 unspecified atom stereocenters. The molecule has 0 saturated heterocycles. The van der Waals surface area contributed by atoms with Crippen LogP contribution in [0.3, 0.4) is 0 Å². The summed E-state index contributed by atoms with van der Waals surface area (Å²) in [5.74, 6) is 0.881. The minimum absolute atomic E-state index is 0.157. The fourth-order valence-corrected chi connectivity index (χ4v) is 1.65. The first-order chi connectivity index (χ1) is 6.24. The monoisotopic (exact) mass is 184 g/mol. The molecule has 3 nitrogen and oxygen atoms in total. The summed E-state index contributed by atoms with van der Waals surface area (Å²) in [5.41, 5.74) is 5.32. The lowest BCUT2D eigenvalue weighted by atomic mass is 9.80. The topological polar surface area (TPSA) is 55.1 Å². The van der Waals surface area contributed by atoms with Crippen LogP contribution in [0.15, 0.2) is 0 Å². The summed E-state index contributed by atoms with van der Waals surface area (Å²) in [6.07, 6.45) is 5.25. The van der Waals surface area contributed by atoms with E-state index < -0.39 is 0 Å². The molecule has 1 fully saturated rings. The predicted octanol–water partition coefficient (Wildman–Crippen LogP) is 1.03. The number of carbonyl (C=O) groups excluding carboxylic acids is 1. The molecular formula is C10H20N2O. The highest BCUT2D eigenvalue weighted by Gasteiger charge is 2.24. The Balaban J connectivity index is 2.11. The van der Waals surface area contributed by atoms with Gasteiger partial charge in [0.15, 0.2) is 0 Å². The van der Waals surface area contributed by atoms with Crippen molar-refractivity contribution in [3.05, 3.63) is 0 Å². The van der Waals surface area contributed by atoms with Crippen LogP contribution in [0.1, 0.15) is 39.0 Å². The standard InChI is InChI=1S/C10H20N2O/c1-8(9-4-2-5-9)12-10(13)6-3-7-11/h8-9H,2-7,11H2,1H3,(H,12,13). The molecule has 13 heavy (non-hydrogen) atoms. The van der Waals surface area contributed by atoms with Crippen molar-refractivity contribution in [3.8, 4) is 0 Å². The van der Waals surface area contributed by atoms with E-state index in [0.717, 1.165) is 12.3 Å². The molecule has 1 aliphatic carbocycles. The number of carbonyl (C=O) groups is 1. The van der Waals surface area contributed by atoms with Gasteiger partial charge in [-0.05, 0) is 38.6 Å². The van der Waals surface area contributed by atoms with Gasteiger partial charge in [0.1, 0.15) is 0 Å². The summed E-state index contributed by atoms with van der Waals surface area (Å²) in [6.45, 7) is 2.70. The first-order valence-electron chi connectivity index (χ1n) is 5.23. The minimum atomic E-state index is 0.157. The summed E-state index contributed by atoms with van der Waals surface area (Å²) >= 11 is 0. The first kappa shape index (κ1) is 10.5. The molecule has 3 heteroatoms.